The zero-order valence-corrected chi connectivity index (χ0v) is 17.6. The van der Waals surface area contributed by atoms with Crippen molar-refractivity contribution >= 4 is 19.9 Å². The Kier molecular flexibility index (Phi) is 5.48. The number of sulfonamides is 1. The topological polar surface area (TPSA) is 71.5 Å². The number of sulfone groups is 1. The molecule has 0 N–H and O–H groups in total. The van der Waals surface area contributed by atoms with Gasteiger partial charge in [0.1, 0.15) is 5.82 Å². The van der Waals surface area contributed by atoms with E-state index in [1.54, 1.807) is 42.5 Å². The molecule has 3 aromatic carbocycles. The van der Waals surface area contributed by atoms with E-state index in [1.165, 1.54) is 40.7 Å². The second-order valence-corrected chi connectivity index (χ2v) is 11.3. The molecule has 3 aromatic rings. The van der Waals surface area contributed by atoms with Crippen molar-refractivity contribution in [2.75, 3.05) is 13.1 Å². The number of rotatable bonds is 5. The highest BCUT2D eigenvalue weighted by Crippen LogP contribution is 2.29. The lowest BCUT2D eigenvalue weighted by Gasteiger charge is -2.17. The van der Waals surface area contributed by atoms with Crippen molar-refractivity contribution in [3.8, 4) is 11.1 Å². The summed E-state index contributed by atoms with van der Waals surface area (Å²) in [5, 5.41) is -0.770. The molecule has 0 saturated carbocycles. The monoisotopic (exact) mass is 445 g/mol. The molecule has 1 atom stereocenters. The van der Waals surface area contributed by atoms with Crippen LogP contribution in [0, 0.1) is 5.82 Å². The molecule has 8 heteroatoms. The lowest BCUT2D eigenvalue weighted by Crippen LogP contribution is -2.32. The zero-order valence-electron chi connectivity index (χ0n) is 16.0. The predicted octanol–water partition coefficient (Wildman–Crippen LogP) is 3.73. The Morgan fingerprint density at radius 2 is 1.30 bits per heavy atom. The first kappa shape index (κ1) is 20.7. The van der Waals surface area contributed by atoms with E-state index in [4.69, 9.17) is 0 Å². The average molecular weight is 446 g/mol. The largest absolute Gasteiger partial charge is 0.243 e. The van der Waals surface area contributed by atoms with E-state index < -0.39 is 25.1 Å². The Bertz CT molecular complexity index is 1240. The van der Waals surface area contributed by atoms with Gasteiger partial charge in [-0.15, -0.1) is 0 Å². The summed E-state index contributed by atoms with van der Waals surface area (Å²) in [6.07, 6.45) is 0.254. The number of halogens is 1. The quantitative estimate of drug-likeness (QED) is 0.600. The molecule has 0 amide bonds. The van der Waals surface area contributed by atoms with Crippen molar-refractivity contribution in [1.29, 1.82) is 0 Å². The highest BCUT2D eigenvalue weighted by Gasteiger charge is 2.39. The summed E-state index contributed by atoms with van der Waals surface area (Å²) < 4.78 is 66.0. The van der Waals surface area contributed by atoms with Gasteiger partial charge in [0.05, 0.1) is 15.0 Å². The van der Waals surface area contributed by atoms with Crippen LogP contribution in [0.25, 0.3) is 11.1 Å². The summed E-state index contributed by atoms with van der Waals surface area (Å²) in [7, 11) is -7.41. The van der Waals surface area contributed by atoms with Crippen molar-refractivity contribution in [3.63, 3.8) is 0 Å². The predicted molar refractivity (Wildman–Crippen MR) is 113 cm³/mol. The average Bonchev–Trinajstić information content (AvgIpc) is 3.27. The summed E-state index contributed by atoms with van der Waals surface area (Å²) in [6, 6.07) is 20.3. The van der Waals surface area contributed by atoms with Crippen molar-refractivity contribution in [3.05, 3.63) is 84.7 Å². The van der Waals surface area contributed by atoms with Crippen molar-refractivity contribution in [2.45, 2.75) is 21.5 Å². The van der Waals surface area contributed by atoms with E-state index in [9.17, 15) is 21.2 Å². The normalized spacial score (nSPS) is 17.8. The van der Waals surface area contributed by atoms with Gasteiger partial charge in [0.25, 0.3) is 0 Å². The maximum Gasteiger partial charge on any atom is 0.243 e. The highest BCUT2D eigenvalue weighted by molar-refractivity contribution is 7.92. The molecule has 5 nitrogen and oxygen atoms in total. The Morgan fingerprint density at radius 3 is 1.90 bits per heavy atom. The van der Waals surface area contributed by atoms with E-state index in [1.807, 2.05) is 0 Å². The molecule has 0 spiro atoms. The number of hydrogen-bond donors (Lipinski definition) is 0. The molecule has 1 saturated heterocycles. The van der Waals surface area contributed by atoms with Crippen molar-refractivity contribution in [2.24, 2.45) is 0 Å². The first-order chi connectivity index (χ1) is 14.3. The summed E-state index contributed by atoms with van der Waals surface area (Å²) in [5.74, 6) is -0.341. The molecule has 0 bridgehead atoms. The lowest BCUT2D eigenvalue weighted by molar-refractivity contribution is 0.476. The fourth-order valence-electron chi connectivity index (χ4n) is 3.58. The van der Waals surface area contributed by atoms with Gasteiger partial charge in [-0.2, -0.15) is 4.31 Å². The molecule has 1 aliphatic heterocycles. The summed E-state index contributed by atoms with van der Waals surface area (Å²) in [4.78, 5) is 0.309. The molecule has 0 radical (unpaired) electrons. The van der Waals surface area contributed by atoms with Crippen molar-refractivity contribution in [1.82, 2.24) is 4.31 Å². The van der Waals surface area contributed by atoms with Crippen LogP contribution >= 0.6 is 0 Å². The molecule has 1 unspecified atom stereocenters. The first-order valence-corrected chi connectivity index (χ1v) is 12.4. The van der Waals surface area contributed by atoms with Crippen molar-refractivity contribution < 1.29 is 21.2 Å². The summed E-state index contributed by atoms with van der Waals surface area (Å²) >= 11 is 0. The molecule has 4 rings (SSSR count). The molecular formula is C22H20FNO4S2. The lowest BCUT2D eigenvalue weighted by atomic mass is 10.1. The molecule has 1 aliphatic rings. The fourth-order valence-corrected chi connectivity index (χ4v) is 6.89. The van der Waals surface area contributed by atoms with Gasteiger partial charge in [0, 0.05) is 13.1 Å². The minimum Gasteiger partial charge on any atom is -0.223 e. The standard InChI is InChI=1S/C22H20FNO4S2/c23-19-10-6-17(7-11-19)18-8-12-21(13-9-18)30(27,28)24-15-14-22(16-24)29(25,26)20-4-2-1-3-5-20/h1-13,22H,14-16H2. The van der Waals surface area contributed by atoms with Crippen LogP contribution in [0.15, 0.2) is 88.7 Å². The fraction of sp³-hybridized carbons (Fsp3) is 0.182. The van der Waals surface area contributed by atoms with E-state index in [0.717, 1.165) is 11.1 Å². The molecule has 1 heterocycles. The van der Waals surface area contributed by atoms with E-state index >= 15 is 0 Å². The Hall–Kier alpha value is -2.55. The molecule has 0 aliphatic carbocycles. The van der Waals surface area contributed by atoms with Crippen LogP contribution in [-0.4, -0.2) is 39.5 Å². The van der Waals surface area contributed by atoms with Gasteiger partial charge in [0.15, 0.2) is 9.84 Å². The molecule has 156 valence electrons. The van der Waals surface area contributed by atoms with Crippen LogP contribution in [0.4, 0.5) is 4.39 Å². The first-order valence-electron chi connectivity index (χ1n) is 9.43. The van der Waals surface area contributed by atoms with Crippen LogP contribution in [0.3, 0.4) is 0 Å². The Morgan fingerprint density at radius 1 is 0.733 bits per heavy atom. The van der Waals surface area contributed by atoms with E-state index in [0.29, 0.717) is 0 Å². The van der Waals surface area contributed by atoms with Crippen LogP contribution in [0.5, 0.6) is 0 Å². The third-order valence-corrected chi connectivity index (χ3v) is 9.36. The van der Waals surface area contributed by atoms with Gasteiger partial charge in [-0.1, -0.05) is 42.5 Å². The Balaban J connectivity index is 1.54. The number of nitrogens with zero attached hydrogens (tertiary/aromatic N) is 1. The minimum atomic E-state index is -3.81. The molecule has 1 fully saturated rings. The third kappa shape index (κ3) is 3.90. The molecular weight excluding hydrogens is 425 g/mol. The smallest absolute Gasteiger partial charge is 0.223 e. The molecule has 0 aromatic heterocycles. The second-order valence-electron chi connectivity index (χ2n) is 7.16. The highest BCUT2D eigenvalue weighted by atomic mass is 32.2. The van der Waals surface area contributed by atoms with Gasteiger partial charge in [-0.25, -0.2) is 21.2 Å². The number of hydrogen-bond acceptors (Lipinski definition) is 4. The van der Waals surface area contributed by atoms with Crippen LogP contribution in [0.2, 0.25) is 0 Å². The summed E-state index contributed by atoms with van der Waals surface area (Å²) in [5.41, 5.74) is 1.54. The molecule has 30 heavy (non-hydrogen) atoms. The van der Waals surface area contributed by atoms with Gasteiger partial charge < -0.3 is 0 Å². The number of benzene rings is 3. The maximum atomic E-state index is 13.1. The van der Waals surface area contributed by atoms with Crippen LogP contribution in [0.1, 0.15) is 6.42 Å². The van der Waals surface area contributed by atoms with Gasteiger partial charge >= 0.3 is 0 Å². The SMILES string of the molecule is O=S(=O)(c1ccccc1)C1CCN(S(=O)(=O)c2ccc(-c3ccc(F)cc3)cc2)C1. The van der Waals surface area contributed by atoms with Gasteiger partial charge in [0.2, 0.25) is 10.0 Å². The van der Waals surface area contributed by atoms with E-state index in [2.05, 4.69) is 0 Å². The third-order valence-electron chi connectivity index (χ3n) is 5.29. The minimum absolute atomic E-state index is 0.0702. The summed E-state index contributed by atoms with van der Waals surface area (Å²) in [6.45, 7) is 0.0814. The van der Waals surface area contributed by atoms with Gasteiger partial charge in [-0.05, 0) is 53.9 Å². The van der Waals surface area contributed by atoms with Crippen LogP contribution < -0.4 is 0 Å². The van der Waals surface area contributed by atoms with Crippen LogP contribution in [-0.2, 0) is 19.9 Å². The maximum absolute atomic E-state index is 13.1. The van der Waals surface area contributed by atoms with E-state index in [-0.39, 0.29) is 35.1 Å². The van der Waals surface area contributed by atoms with Gasteiger partial charge in [-0.3, -0.25) is 0 Å². The Labute approximate surface area is 175 Å². The second kappa shape index (κ2) is 7.94. The zero-order chi connectivity index (χ0) is 21.4.